The number of hydrogen-bond donors (Lipinski definition) is 2. The van der Waals surface area contributed by atoms with Crippen molar-refractivity contribution < 1.29 is 8.42 Å². The van der Waals surface area contributed by atoms with Crippen LogP contribution in [0.1, 0.15) is 32.6 Å². The largest absolute Gasteiger partial charge is 0.369 e. The molecule has 0 aliphatic carbocycles. The van der Waals surface area contributed by atoms with Crippen LogP contribution in [0.15, 0.2) is 29.2 Å². The van der Waals surface area contributed by atoms with E-state index in [4.69, 9.17) is 5.73 Å². The summed E-state index contributed by atoms with van der Waals surface area (Å²) in [4.78, 5) is 2.68. The van der Waals surface area contributed by atoms with E-state index in [1.807, 2.05) is 12.1 Å². The number of hydrogen-bond acceptors (Lipinski definition) is 4. The van der Waals surface area contributed by atoms with E-state index in [2.05, 4.69) is 9.62 Å². The van der Waals surface area contributed by atoms with Crippen LogP contribution >= 0.6 is 0 Å². The average molecular weight is 311 g/mol. The first-order chi connectivity index (χ1) is 10.1. The minimum atomic E-state index is -3.37. The number of anilines is 1. The summed E-state index contributed by atoms with van der Waals surface area (Å²) in [6.07, 6.45) is 4.57. The Kier molecular flexibility index (Phi) is 5.61. The van der Waals surface area contributed by atoms with Crippen molar-refractivity contribution in [3.63, 3.8) is 0 Å². The molecular formula is C15H25N3O2S. The Hall–Kier alpha value is -1.11. The summed E-state index contributed by atoms with van der Waals surface area (Å²) >= 11 is 0. The Balaban J connectivity index is 2.17. The molecule has 6 heteroatoms. The maximum atomic E-state index is 11.9. The van der Waals surface area contributed by atoms with Gasteiger partial charge >= 0.3 is 0 Å². The molecule has 0 amide bonds. The molecule has 118 valence electrons. The quantitative estimate of drug-likeness (QED) is 0.838. The topological polar surface area (TPSA) is 75.4 Å². The first kappa shape index (κ1) is 16.3. The Bertz CT molecular complexity index is 541. The molecule has 1 aliphatic rings. The van der Waals surface area contributed by atoms with Gasteiger partial charge in [-0.3, -0.25) is 0 Å². The zero-order chi connectivity index (χ0) is 15.3. The van der Waals surface area contributed by atoms with Gasteiger partial charge in [0.1, 0.15) is 0 Å². The number of nitrogens with two attached hydrogens (primary N) is 1. The van der Waals surface area contributed by atoms with Gasteiger partial charge in [0, 0.05) is 24.8 Å². The lowest BCUT2D eigenvalue weighted by molar-refractivity contribution is 0.442. The second-order valence-electron chi connectivity index (χ2n) is 5.42. The summed E-state index contributed by atoms with van der Waals surface area (Å²) in [5.41, 5.74) is 6.79. The minimum Gasteiger partial charge on any atom is -0.369 e. The standard InChI is InChI=1S/C15H25N3O2S/c1-2-17-21(19,20)15-8-6-14(7-9-15)18-12-4-3-5-13(18)10-11-16/h6-9,13,17H,2-5,10-12,16H2,1H3. The van der Waals surface area contributed by atoms with Crippen molar-refractivity contribution in [3.05, 3.63) is 24.3 Å². The highest BCUT2D eigenvalue weighted by atomic mass is 32.2. The summed E-state index contributed by atoms with van der Waals surface area (Å²) in [5.74, 6) is 0. The predicted molar refractivity (Wildman–Crippen MR) is 86.0 cm³/mol. The molecule has 1 saturated heterocycles. The van der Waals surface area contributed by atoms with E-state index >= 15 is 0 Å². The van der Waals surface area contributed by atoms with E-state index in [-0.39, 0.29) is 0 Å². The van der Waals surface area contributed by atoms with Gasteiger partial charge in [0.05, 0.1) is 4.90 Å². The van der Waals surface area contributed by atoms with Crippen LogP contribution in [0.5, 0.6) is 0 Å². The maximum Gasteiger partial charge on any atom is 0.240 e. The molecule has 3 N–H and O–H groups in total. The third-order valence-corrected chi connectivity index (χ3v) is 5.50. The Morgan fingerprint density at radius 3 is 2.62 bits per heavy atom. The fourth-order valence-electron chi connectivity index (χ4n) is 2.92. The van der Waals surface area contributed by atoms with Crippen LogP contribution in [0, 0.1) is 0 Å². The zero-order valence-electron chi connectivity index (χ0n) is 12.6. The molecule has 1 aromatic rings. The molecule has 21 heavy (non-hydrogen) atoms. The number of benzene rings is 1. The molecule has 0 saturated carbocycles. The normalized spacial score (nSPS) is 19.7. The Morgan fingerprint density at radius 1 is 1.29 bits per heavy atom. The fourth-order valence-corrected chi connectivity index (χ4v) is 3.96. The van der Waals surface area contributed by atoms with Gasteiger partial charge in [-0.05, 0) is 56.5 Å². The van der Waals surface area contributed by atoms with Crippen LogP contribution in [0.3, 0.4) is 0 Å². The third kappa shape index (κ3) is 3.96. The number of nitrogens with one attached hydrogen (secondary N) is 1. The lowest BCUT2D eigenvalue weighted by atomic mass is 9.98. The fraction of sp³-hybridized carbons (Fsp3) is 0.600. The van der Waals surface area contributed by atoms with Crippen LogP contribution in [0.25, 0.3) is 0 Å². The second-order valence-corrected chi connectivity index (χ2v) is 7.18. The van der Waals surface area contributed by atoms with E-state index in [1.54, 1.807) is 19.1 Å². The lowest BCUT2D eigenvalue weighted by Gasteiger charge is -2.37. The SMILES string of the molecule is CCNS(=O)(=O)c1ccc(N2CCCCC2CCN)cc1. The summed E-state index contributed by atoms with van der Waals surface area (Å²) in [6.45, 7) is 3.88. The molecule has 5 nitrogen and oxygen atoms in total. The molecular weight excluding hydrogens is 286 g/mol. The minimum absolute atomic E-state index is 0.320. The van der Waals surface area contributed by atoms with Crippen molar-refractivity contribution in [2.45, 2.75) is 43.5 Å². The highest BCUT2D eigenvalue weighted by molar-refractivity contribution is 7.89. The molecule has 1 aromatic carbocycles. The van der Waals surface area contributed by atoms with Crippen molar-refractivity contribution in [2.24, 2.45) is 5.73 Å². The lowest BCUT2D eigenvalue weighted by Crippen LogP contribution is -2.40. The van der Waals surface area contributed by atoms with Gasteiger partial charge < -0.3 is 10.6 Å². The van der Waals surface area contributed by atoms with Gasteiger partial charge in [0.2, 0.25) is 10.0 Å². The zero-order valence-corrected chi connectivity index (χ0v) is 13.4. The first-order valence-corrected chi connectivity index (χ1v) is 9.13. The monoisotopic (exact) mass is 311 g/mol. The first-order valence-electron chi connectivity index (χ1n) is 7.65. The van der Waals surface area contributed by atoms with Crippen molar-refractivity contribution in [2.75, 3.05) is 24.5 Å². The molecule has 1 atom stereocenters. The van der Waals surface area contributed by atoms with Crippen LogP contribution in [0.2, 0.25) is 0 Å². The molecule has 1 unspecified atom stereocenters. The molecule has 2 rings (SSSR count). The molecule has 0 bridgehead atoms. The maximum absolute atomic E-state index is 11.9. The number of nitrogens with zero attached hydrogens (tertiary/aromatic N) is 1. The van der Waals surface area contributed by atoms with Gasteiger partial charge in [-0.25, -0.2) is 13.1 Å². The number of sulfonamides is 1. The van der Waals surface area contributed by atoms with E-state index in [0.717, 1.165) is 25.1 Å². The molecule has 1 heterocycles. The molecule has 1 fully saturated rings. The summed E-state index contributed by atoms with van der Waals surface area (Å²) < 4.78 is 26.4. The van der Waals surface area contributed by atoms with Crippen molar-refractivity contribution in [3.8, 4) is 0 Å². The summed E-state index contributed by atoms with van der Waals surface area (Å²) in [7, 11) is -3.37. The highest BCUT2D eigenvalue weighted by Crippen LogP contribution is 2.27. The Labute approximate surface area is 127 Å². The van der Waals surface area contributed by atoms with E-state index in [0.29, 0.717) is 24.0 Å². The predicted octanol–water partition coefficient (Wildman–Crippen LogP) is 1.69. The summed E-state index contributed by atoms with van der Waals surface area (Å²) in [6, 6.07) is 7.64. The highest BCUT2D eigenvalue weighted by Gasteiger charge is 2.22. The number of piperidine rings is 1. The van der Waals surface area contributed by atoms with Gasteiger partial charge in [-0.1, -0.05) is 6.92 Å². The average Bonchev–Trinajstić information content (AvgIpc) is 2.48. The number of rotatable bonds is 6. The van der Waals surface area contributed by atoms with Crippen LogP contribution in [-0.4, -0.2) is 34.1 Å². The van der Waals surface area contributed by atoms with E-state index < -0.39 is 10.0 Å². The van der Waals surface area contributed by atoms with Crippen LogP contribution < -0.4 is 15.4 Å². The van der Waals surface area contributed by atoms with Crippen molar-refractivity contribution in [1.82, 2.24) is 4.72 Å². The third-order valence-electron chi connectivity index (χ3n) is 3.94. The van der Waals surface area contributed by atoms with E-state index in [1.165, 1.54) is 12.8 Å². The van der Waals surface area contributed by atoms with Crippen LogP contribution in [0.4, 0.5) is 5.69 Å². The van der Waals surface area contributed by atoms with Gasteiger partial charge in [0.25, 0.3) is 0 Å². The molecule has 0 radical (unpaired) electrons. The smallest absolute Gasteiger partial charge is 0.240 e. The summed E-state index contributed by atoms with van der Waals surface area (Å²) in [5, 5.41) is 0. The van der Waals surface area contributed by atoms with Gasteiger partial charge in [-0.15, -0.1) is 0 Å². The van der Waals surface area contributed by atoms with Crippen LogP contribution in [-0.2, 0) is 10.0 Å². The molecule has 1 aliphatic heterocycles. The van der Waals surface area contributed by atoms with E-state index in [9.17, 15) is 8.42 Å². The van der Waals surface area contributed by atoms with Crippen molar-refractivity contribution >= 4 is 15.7 Å². The Morgan fingerprint density at radius 2 is 2.00 bits per heavy atom. The second kappa shape index (κ2) is 7.24. The van der Waals surface area contributed by atoms with Gasteiger partial charge in [0.15, 0.2) is 0 Å². The van der Waals surface area contributed by atoms with Crippen molar-refractivity contribution in [1.29, 1.82) is 0 Å². The molecule has 0 spiro atoms. The van der Waals surface area contributed by atoms with Gasteiger partial charge in [-0.2, -0.15) is 0 Å². The molecule has 0 aromatic heterocycles.